The Bertz CT molecular complexity index is 834. The van der Waals surface area contributed by atoms with Crippen molar-refractivity contribution in [2.45, 2.75) is 39.3 Å². The summed E-state index contributed by atoms with van der Waals surface area (Å²) in [6.07, 6.45) is 0.799. The summed E-state index contributed by atoms with van der Waals surface area (Å²) in [6.45, 7) is 6.21. The first-order valence-electron chi connectivity index (χ1n) is 9.38. The zero-order chi connectivity index (χ0) is 20.3. The van der Waals surface area contributed by atoms with E-state index in [2.05, 4.69) is 0 Å². The number of rotatable bonds is 6. The molecule has 5 nitrogen and oxygen atoms in total. The Morgan fingerprint density at radius 3 is 2.64 bits per heavy atom. The topological polar surface area (TPSA) is 49.9 Å². The number of benzene rings is 1. The van der Waals surface area contributed by atoms with E-state index in [4.69, 9.17) is 4.74 Å². The molecule has 0 bridgehead atoms. The molecular weight excluding hydrogens is 379 g/mol. The summed E-state index contributed by atoms with van der Waals surface area (Å²) in [7, 11) is 0. The quantitative estimate of drug-likeness (QED) is 0.739. The van der Waals surface area contributed by atoms with Gasteiger partial charge in [0.2, 0.25) is 11.8 Å². The number of carbonyl (C=O) groups is 2. The smallest absolute Gasteiger partial charge is 0.242 e. The van der Waals surface area contributed by atoms with Gasteiger partial charge < -0.3 is 14.5 Å². The molecule has 1 atom stereocenters. The van der Waals surface area contributed by atoms with Crippen molar-refractivity contribution in [2.75, 3.05) is 19.7 Å². The maximum atomic E-state index is 13.1. The van der Waals surface area contributed by atoms with Gasteiger partial charge >= 0.3 is 0 Å². The summed E-state index contributed by atoms with van der Waals surface area (Å²) in [4.78, 5) is 29.6. The number of thiophene rings is 1. The average Bonchev–Trinajstić information content (AvgIpc) is 3.13. The van der Waals surface area contributed by atoms with Gasteiger partial charge in [0.25, 0.3) is 0 Å². The number of hydrogen-bond donors (Lipinski definition) is 0. The molecule has 0 radical (unpaired) electrons. The van der Waals surface area contributed by atoms with E-state index < -0.39 is 0 Å². The lowest BCUT2D eigenvalue weighted by Gasteiger charge is -2.37. The zero-order valence-corrected chi connectivity index (χ0v) is 17.2. The molecule has 0 saturated heterocycles. The molecule has 0 aliphatic carbocycles. The Balaban J connectivity index is 1.77. The van der Waals surface area contributed by atoms with Crippen LogP contribution in [0.3, 0.4) is 0 Å². The van der Waals surface area contributed by atoms with Crippen LogP contribution in [0, 0.1) is 5.82 Å². The molecule has 1 unspecified atom stereocenters. The van der Waals surface area contributed by atoms with Crippen molar-refractivity contribution in [2.24, 2.45) is 0 Å². The summed E-state index contributed by atoms with van der Waals surface area (Å²) in [5.41, 5.74) is 1.09. The summed E-state index contributed by atoms with van der Waals surface area (Å²) in [6, 6.07) is 7.61. The number of halogens is 1. The molecule has 0 spiro atoms. The highest BCUT2D eigenvalue weighted by Crippen LogP contribution is 2.34. The number of carbonyl (C=O) groups excluding carboxylic acids is 2. The largest absolute Gasteiger partial charge is 0.491 e. The molecule has 0 N–H and O–H groups in total. The number of ether oxygens (including phenoxy) is 1. The normalized spacial score (nSPS) is 16.0. The lowest BCUT2D eigenvalue weighted by Crippen LogP contribution is -2.49. The summed E-state index contributed by atoms with van der Waals surface area (Å²) < 4.78 is 19.0. The van der Waals surface area contributed by atoms with Gasteiger partial charge in [0.05, 0.1) is 12.6 Å². The van der Waals surface area contributed by atoms with E-state index in [1.54, 1.807) is 33.3 Å². The third-order valence-electron chi connectivity index (χ3n) is 4.97. The first-order valence-corrected chi connectivity index (χ1v) is 10.3. The van der Waals surface area contributed by atoms with Crippen LogP contribution in [-0.4, -0.2) is 47.4 Å². The second-order valence-electron chi connectivity index (χ2n) is 7.16. The predicted molar refractivity (Wildman–Crippen MR) is 107 cm³/mol. The summed E-state index contributed by atoms with van der Waals surface area (Å²) in [5, 5.41) is 2.03. The standard InChI is InChI=1S/C21H25FN2O3S/c1-14(2)24(15(3)25)12-21(26)23-10-8-20-18(9-11-28-20)19(23)13-27-17-6-4-16(22)5-7-17/h4-7,9,11,14,19H,8,10,12-13H2,1-3H3. The van der Waals surface area contributed by atoms with Crippen molar-refractivity contribution in [1.29, 1.82) is 0 Å². The van der Waals surface area contributed by atoms with Gasteiger partial charge in [0, 0.05) is 24.4 Å². The van der Waals surface area contributed by atoms with E-state index in [0.29, 0.717) is 12.3 Å². The Morgan fingerprint density at radius 2 is 2.00 bits per heavy atom. The van der Waals surface area contributed by atoms with Crippen molar-refractivity contribution in [3.63, 3.8) is 0 Å². The van der Waals surface area contributed by atoms with Crippen molar-refractivity contribution in [3.8, 4) is 5.75 Å². The van der Waals surface area contributed by atoms with Gasteiger partial charge in [-0.05, 0) is 61.5 Å². The molecule has 2 heterocycles. The van der Waals surface area contributed by atoms with E-state index in [1.807, 2.05) is 25.3 Å². The Kier molecular flexibility index (Phi) is 6.34. The van der Waals surface area contributed by atoms with Crippen LogP contribution in [0.1, 0.15) is 37.3 Å². The van der Waals surface area contributed by atoms with Crippen LogP contribution in [-0.2, 0) is 16.0 Å². The van der Waals surface area contributed by atoms with Crippen LogP contribution >= 0.6 is 11.3 Å². The van der Waals surface area contributed by atoms with Crippen LogP contribution in [0.4, 0.5) is 4.39 Å². The fraction of sp³-hybridized carbons (Fsp3) is 0.429. The first-order chi connectivity index (χ1) is 13.4. The lowest BCUT2D eigenvalue weighted by molar-refractivity contribution is -0.143. The molecule has 0 saturated carbocycles. The van der Waals surface area contributed by atoms with E-state index in [1.165, 1.54) is 23.9 Å². The Labute approximate surface area is 168 Å². The van der Waals surface area contributed by atoms with Crippen molar-refractivity contribution >= 4 is 23.2 Å². The second kappa shape index (κ2) is 8.73. The minimum absolute atomic E-state index is 0.0446. The van der Waals surface area contributed by atoms with Crippen molar-refractivity contribution in [1.82, 2.24) is 9.80 Å². The van der Waals surface area contributed by atoms with Gasteiger partial charge in [-0.2, -0.15) is 0 Å². The molecule has 2 amide bonds. The molecule has 28 heavy (non-hydrogen) atoms. The summed E-state index contributed by atoms with van der Waals surface area (Å²) >= 11 is 1.68. The molecule has 1 aromatic carbocycles. The molecule has 1 aliphatic heterocycles. The van der Waals surface area contributed by atoms with Crippen molar-refractivity contribution in [3.05, 3.63) is 52.0 Å². The molecule has 1 aromatic heterocycles. The first kappa shape index (κ1) is 20.3. The highest BCUT2D eigenvalue weighted by atomic mass is 32.1. The van der Waals surface area contributed by atoms with Crippen LogP contribution in [0.15, 0.2) is 35.7 Å². The number of amides is 2. The maximum absolute atomic E-state index is 13.1. The van der Waals surface area contributed by atoms with Crippen molar-refractivity contribution < 1.29 is 18.7 Å². The molecule has 1 aliphatic rings. The number of fused-ring (bicyclic) bond motifs is 1. The Morgan fingerprint density at radius 1 is 1.29 bits per heavy atom. The maximum Gasteiger partial charge on any atom is 0.242 e. The second-order valence-corrected chi connectivity index (χ2v) is 8.16. The highest BCUT2D eigenvalue weighted by molar-refractivity contribution is 7.10. The van der Waals surface area contributed by atoms with Gasteiger partial charge in [-0.15, -0.1) is 11.3 Å². The minimum atomic E-state index is -0.319. The SMILES string of the molecule is CC(=O)N(CC(=O)N1CCc2sccc2C1COc1ccc(F)cc1)C(C)C. The van der Waals surface area contributed by atoms with Gasteiger partial charge in [-0.3, -0.25) is 9.59 Å². The fourth-order valence-electron chi connectivity index (χ4n) is 3.47. The highest BCUT2D eigenvalue weighted by Gasteiger charge is 2.33. The van der Waals surface area contributed by atoms with E-state index in [-0.39, 0.29) is 42.9 Å². The monoisotopic (exact) mass is 404 g/mol. The van der Waals surface area contributed by atoms with Crippen LogP contribution in [0.25, 0.3) is 0 Å². The molecule has 0 fully saturated rings. The molecule has 7 heteroatoms. The van der Waals surface area contributed by atoms with Crippen LogP contribution < -0.4 is 4.74 Å². The molecule has 2 aromatic rings. The van der Waals surface area contributed by atoms with Crippen LogP contribution in [0.2, 0.25) is 0 Å². The van der Waals surface area contributed by atoms with E-state index in [9.17, 15) is 14.0 Å². The molecule has 150 valence electrons. The van der Waals surface area contributed by atoms with E-state index in [0.717, 1.165) is 12.0 Å². The number of hydrogen-bond acceptors (Lipinski definition) is 4. The average molecular weight is 405 g/mol. The van der Waals surface area contributed by atoms with E-state index >= 15 is 0 Å². The van der Waals surface area contributed by atoms with Gasteiger partial charge in [0.1, 0.15) is 18.2 Å². The lowest BCUT2D eigenvalue weighted by atomic mass is 10.0. The third-order valence-corrected chi connectivity index (χ3v) is 5.97. The molecule has 3 rings (SSSR count). The van der Waals surface area contributed by atoms with Gasteiger partial charge in [0.15, 0.2) is 0 Å². The summed E-state index contributed by atoms with van der Waals surface area (Å²) in [5.74, 6) is 0.0350. The molecular formula is C21H25FN2O3S. The van der Waals surface area contributed by atoms with Crippen LogP contribution in [0.5, 0.6) is 5.75 Å². The van der Waals surface area contributed by atoms with Gasteiger partial charge in [-0.25, -0.2) is 4.39 Å². The zero-order valence-electron chi connectivity index (χ0n) is 16.4. The predicted octanol–water partition coefficient (Wildman–Crippen LogP) is 3.65. The Hall–Kier alpha value is -2.41. The fourth-order valence-corrected chi connectivity index (χ4v) is 4.40. The third kappa shape index (κ3) is 4.52. The minimum Gasteiger partial charge on any atom is -0.491 e. The number of nitrogens with zero attached hydrogens (tertiary/aromatic N) is 2. The van der Waals surface area contributed by atoms with Gasteiger partial charge in [-0.1, -0.05) is 0 Å².